The maximum atomic E-state index is 12.9. The lowest BCUT2D eigenvalue weighted by atomic mass is 10.2. The number of para-hydroxylation sites is 2. The second kappa shape index (κ2) is 8.84. The van der Waals surface area contributed by atoms with Crippen LogP contribution in [0.25, 0.3) is 0 Å². The molecule has 2 aromatic carbocycles. The van der Waals surface area contributed by atoms with Crippen molar-refractivity contribution in [2.24, 2.45) is 0 Å². The molecule has 1 N–H and O–H groups in total. The first kappa shape index (κ1) is 18.5. The Kier molecular flexibility index (Phi) is 6.81. The van der Waals surface area contributed by atoms with Gasteiger partial charge in [-0.25, -0.2) is 4.39 Å². The van der Waals surface area contributed by atoms with E-state index in [1.807, 2.05) is 0 Å². The molecule has 0 aliphatic rings. The highest BCUT2D eigenvalue weighted by molar-refractivity contribution is 7.99. The molecule has 0 fully saturated rings. The Bertz CT molecular complexity index is 715. The normalized spacial score (nSPS) is 10.7. The van der Waals surface area contributed by atoms with Gasteiger partial charge in [0.1, 0.15) is 11.6 Å². The first-order valence-corrected chi connectivity index (χ1v) is 8.34. The molecule has 0 aliphatic heterocycles. The number of amides is 1. The van der Waals surface area contributed by atoms with Crippen LogP contribution in [-0.2, 0) is 10.5 Å². The molecule has 0 unspecified atom stereocenters. The lowest BCUT2D eigenvalue weighted by Crippen LogP contribution is -2.15. The third kappa shape index (κ3) is 5.65. The van der Waals surface area contributed by atoms with Gasteiger partial charge < -0.3 is 10.1 Å². The highest BCUT2D eigenvalue weighted by Crippen LogP contribution is 2.26. The lowest BCUT2D eigenvalue weighted by Gasteiger charge is -2.11. The van der Waals surface area contributed by atoms with Gasteiger partial charge in [0, 0.05) is 10.8 Å². The second-order valence-corrected chi connectivity index (χ2v) is 6.04. The van der Waals surface area contributed by atoms with E-state index in [0.717, 1.165) is 0 Å². The van der Waals surface area contributed by atoms with Crippen LogP contribution in [0, 0.1) is 5.82 Å². The number of anilines is 1. The average molecular weight is 376 g/mol. The first-order chi connectivity index (χ1) is 11.5. The minimum absolute atomic E-state index is 0.0801. The largest absolute Gasteiger partial charge is 0.433 e. The van der Waals surface area contributed by atoms with Gasteiger partial charge in [-0.05, 0) is 29.8 Å². The molecule has 0 spiro atoms. The summed E-state index contributed by atoms with van der Waals surface area (Å²) >= 11 is 7.17. The second-order valence-electron chi connectivity index (χ2n) is 4.65. The quantitative estimate of drug-likeness (QED) is 0.744. The van der Waals surface area contributed by atoms with Crippen molar-refractivity contribution in [3.8, 4) is 5.75 Å². The van der Waals surface area contributed by atoms with E-state index in [9.17, 15) is 18.0 Å². The summed E-state index contributed by atoms with van der Waals surface area (Å²) in [6.07, 6.45) is 0. The van der Waals surface area contributed by atoms with Crippen LogP contribution in [0.1, 0.15) is 5.56 Å². The van der Waals surface area contributed by atoms with Gasteiger partial charge in [0.05, 0.1) is 11.4 Å². The third-order valence-corrected chi connectivity index (χ3v) is 4.22. The number of thioether (sulfide) groups is 1. The molecule has 0 heterocycles. The third-order valence-electron chi connectivity index (χ3n) is 2.88. The minimum Gasteiger partial charge on any atom is -0.433 e. The van der Waals surface area contributed by atoms with E-state index in [2.05, 4.69) is 10.1 Å². The number of nitrogens with one attached hydrogen (secondary N) is 1. The van der Waals surface area contributed by atoms with E-state index < -0.39 is 12.4 Å². The van der Waals surface area contributed by atoms with Gasteiger partial charge in [-0.3, -0.25) is 4.79 Å². The van der Waals surface area contributed by atoms with Gasteiger partial charge in [-0.15, -0.1) is 11.8 Å². The molecular formula is C16H13ClF3NO2S. The molecule has 0 saturated heterocycles. The number of hydrogen-bond donors (Lipinski definition) is 1. The molecule has 8 heteroatoms. The Morgan fingerprint density at radius 1 is 1.25 bits per heavy atom. The van der Waals surface area contributed by atoms with Crippen molar-refractivity contribution >= 4 is 35.0 Å². The number of hydrogen-bond acceptors (Lipinski definition) is 3. The Hall–Kier alpha value is -1.86. The van der Waals surface area contributed by atoms with Gasteiger partial charge in [0.15, 0.2) is 0 Å². The maximum absolute atomic E-state index is 12.9. The molecule has 0 atom stereocenters. The van der Waals surface area contributed by atoms with Crippen LogP contribution in [0.5, 0.6) is 5.75 Å². The standard InChI is InChI=1S/C16H13ClF3NO2S/c17-12-7-11(18)6-5-10(12)8-24-9-15(22)21-13-3-1-2-4-14(13)23-16(19)20/h1-7,16H,8-9H2,(H,21,22). The van der Waals surface area contributed by atoms with Crippen molar-refractivity contribution in [3.63, 3.8) is 0 Å². The van der Waals surface area contributed by atoms with Gasteiger partial charge in [0.2, 0.25) is 5.91 Å². The zero-order valence-corrected chi connectivity index (χ0v) is 13.8. The Morgan fingerprint density at radius 3 is 2.71 bits per heavy atom. The highest BCUT2D eigenvalue weighted by Gasteiger charge is 2.12. The topological polar surface area (TPSA) is 38.3 Å². The van der Waals surface area contributed by atoms with Crippen molar-refractivity contribution in [1.82, 2.24) is 0 Å². The highest BCUT2D eigenvalue weighted by atomic mass is 35.5. The molecule has 1 amide bonds. The summed E-state index contributed by atoms with van der Waals surface area (Å²) < 4.78 is 41.9. The van der Waals surface area contributed by atoms with E-state index in [0.29, 0.717) is 16.3 Å². The molecule has 3 nitrogen and oxygen atoms in total. The van der Waals surface area contributed by atoms with E-state index in [1.165, 1.54) is 42.1 Å². The SMILES string of the molecule is O=C(CSCc1ccc(F)cc1Cl)Nc1ccccc1OC(F)F. The first-order valence-electron chi connectivity index (χ1n) is 6.81. The van der Waals surface area contributed by atoms with Crippen LogP contribution in [0.4, 0.5) is 18.9 Å². The Labute approximate surface area is 146 Å². The summed E-state index contributed by atoms with van der Waals surface area (Å²) in [6.45, 7) is -2.97. The number of alkyl halides is 2. The summed E-state index contributed by atoms with van der Waals surface area (Å²) in [6, 6.07) is 9.98. The Morgan fingerprint density at radius 2 is 2.00 bits per heavy atom. The number of rotatable bonds is 7. The van der Waals surface area contributed by atoms with Crippen LogP contribution in [0.15, 0.2) is 42.5 Å². The van der Waals surface area contributed by atoms with E-state index in [4.69, 9.17) is 11.6 Å². The van der Waals surface area contributed by atoms with Crippen LogP contribution in [-0.4, -0.2) is 18.3 Å². The molecular weight excluding hydrogens is 363 g/mol. The van der Waals surface area contributed by atoms with Gasteiger partial charge >= 0.3 is 6.61 Å². The van der Waals surface area contributed by atoms with Crippen molar-refractivity contribution in [3.05, 3.63) is 58.9 Å². The monoisotopic (exact) mass is 375 g/mol. The van der Waals surface area contributed by atoms with Gasteiger partial charge in [-0.2, -0.15) is 8.78 Å². The van der Waals surface area contributed by atoms with Crippen LogP contribution in [0.2, 0.25) is 5.02 Å². The van der Waals surface area contributed by atoms with E-state index in [1.54, 1.807) is 12.1 Å². The summed E-state index contributed by atoms with van der Waals surface area (Å²) in [5.74, 6) is -0.406. The summed E-state index contributed by atoms with van der Waals surface area (Å²) in [5, 5.41) is 2.81. The fourth-order valence-electron chi connectivity index (χ4n) is 1.85. The number of benzene rings is 2. The summed E-state index contributed by atoms with van der Waals surface area (Å²) in [5.41, 5.74) is 0.875. The van der Waals surface area contributed by atoms with Crippen molar-refractivity contribution in [2.75, 3.05) is 11.1 Å². The maximum Gasteiger partial charge on any atom is 0.387 e. The van der Waals surface area contributed by atoms with Crippen molar-refractivity contribution in [2.45, 2.75) is 12.4 Å². The smallest absolute Gasteiger partial charge is 0.387 e. The predicted octanol–water partition coefficient (Wildman–Crippen LogP) is 4.95. The fourth-order valence-corrected chi connectivity index (χ4v) is 2.99. The fraction of sp³-hybridized carbons (Fsp3) is 0.188. The average Bonchev–Trinajstić information content (AvgIpc) is 2.51. The van der Waals surface area contributed by atoms with E-state index in [-0.39, 0.29) is 23.1 Å². The molecule has 0 aliphatic carbocycles. The molecule has 128 valence electrons. The number of carbonyl (C=O) groups is 1. The lowest BCUT2D eigenvalue weighted by molar-refractivity contribution is -0.113. The molecule has 2 rings (SSSR count). The van der Waals surface area contributed by atoms with E-state index >= 15 is 0 Å². The number of ether oxygens (including phenoxy) is 1. The molecule has 0 bridgehead atoms. The Balaban J connectivity index is 1.87. The van der Waals surface area contributed by atoms with Crippen LogP contribution < -0.4 is 10.1 Å². The number of halogens is 4. The predicted molar refractivity (Wildman–Crippen MR) is 89.3 cm³/mol. The van der Waals surface area contributed by atoms with Crippen molar-refractivity contribution in [1.29, 1.82) is 0 Å². The molecule has 0 radical (unpaired) electrons. The molecule has 2 aromatic rings. The van der Waals surface area contributed by atoms with Gasteiger partial charge in [-0.1, -0.05) is 29.8 Å². The number of carbonyl (C=O) groups excluding carboxylic acids is 1. The zero-order valence-electron chi connectivity index (χ0n) is 12.3. The minimum atomic E-state index is -2.97. The molecule has 24 heavy (non-hydrogen) atoms. The van der Waals surface area contributed by atoms with Crippen LogP contribution in [0.3, 0.4) is 0 Å². The van der Waals surface area contributed by atoms with Crippen molar-refractivity contribution < 1.29 is 22.7 Å². The summed E-state index contributed by atoms with van der Waals surface area (Å²) in [4.78, 5) is 11.9. The summed E-state index contributed by atoms with van der Waals surface area (Å²) in [7, 11) is 0. The van der Waals surface area contributed by atoms with Crippen LogP contribution >= 0.6 is 23.4 Å². The molecule has 0 aromatic heterocycles. The molecule has 0 saturated carbocycles. The zero-order chi connectivity index (χ0) is 17.5. The van der Waals surface area contributed by atoms with Gasteiger partial charge in [0.25, 0.3) is 0 Å².